The molecular weight excluding hydrogens is 280 g/mol. The van der Waals surface area contributed by atoms with Gasteiger partial charge in [-0.25, -0.2) is 9.97 Å². The zero-order valence-corrected chi connectivity index (χ0v) is 14.7. The molecule has 0 aliphatic rings. The Bertz CT molecular complexity index is 581. The number of allylic oxidation sites excluding steroid dienone is 3. The molecule has 0 N–H and O–H groups in total. The molecule has 2 nitrogen and oxygen atoms in total. The molecule has 0 unspecified atom stereocenters. The van der Waals surface area contributed by atoms with E-state index in [1.54, 1.807) is 12.3 Å². The van der Waals surface area contributed by atoms with Crippen LogP contribution in [-0.4, -0.2) is 9.97 Å². The fourth-order valence-electron chi connectivity index (χ4n) is 1.73. The van der Waals surface area contributed by atoms with E-state index >= 15 is 0 Å². The topological polar surface area (TPSA) is 25.8 Å². The van der Waals surface area contributed by atoms with Crippen LogP contribution in [0.2, 0.25) is 0 Å². The Morgan fingerprint density at radius 3 is 2.04 bits per heavy atom. The Hall–Kier alpha value is -2.22. The third kappa shape index (κ3) is 7.05. The van der Waals surface area contributed by atoms with Crippen LogP contribution in [0.5, 0.6) is 0 Å². The number of benzene rings is 1. The number of rotatable bonds is 3. The fourth-order valence-corrected chi connectivity index (χ4v) is 1.73. The van der Waals surface area contributed by atoms with E-state index in [1.165, 1.54) is 5.56 Å². The van der Waals surface area contributed by atoms with Crippen molar-refractivity contribution in [1.29, 1.82) is 0 Å². The molecule has 1 aromatic carbocycles. The lowest BCUT2D eigenvalue weighted by Gasteiger charge is -2.04. The predicted molar refractivity (Wildman–Crippen MR) is 105 cm³/mol. The molecule has 0 saturated heterocycles. The summed E-state index contributed by atoms with van der Waals surface area (Å²) in [5, 5.41) is 0. The molecule has 2 heteroatoms. The summed E-state index contributed by atoms with van der Waals surface area (Å²) in [4.78, 5) is 8.88. The summed E-state index contributed by atoms with van der Waals surface area (Å²) in [7, 11) is 0. The van der Waals surface area contributed by atoms with Gasteiger partial charge in [0, 0.05) is 11.8 Å². The SMILES string of the molecule is C.C=C/C(=C\C)c1ccnc(-c2ccc(C)cc2)n1.CC.CC. The minimum atomic E-state index is 0. The number of nitrogens with zero attached hydrogens (tertiary/aromatic N) is 2. The van der Waals surface area contributed by atoms with Gasteiger partial charge < -0.3 is 0 Å². The highest BCUT2D eigenvalue weighted by atomic mass is 14.9. The maximum absolute atomic E-state index is 4.56. The van der Waals surface area contributed by atoms with Gasteiger partial charge in [-0.1, -0.05) is 83.7 Å². The smallest absolute Gasteiger partial charge is 0.159 e. The first kappa shape index (κ1) is 23.1. The third-order valence-electron chi connectivity index (χ3n) is 2.79. The Morgan fingerprint density at radius 2 is 1.57 bits per heavy atom. The molecule has 0 aliphatic heterocycles. The molecule has 0 atom stereocenters. The van der Waals surface area contributed by atoms with Crippen LogP contribution in [0.15, 0.2) is 55.3 Å². The molecule has 0 spiro atoms. The maximum atomic E-state index is 4.56. The van der Waals surface area contributed by atoms with Crippen LogP contribution < -0.4 is 0 Å². The van der Waals surface area contributed by atoms with E-state index in [9.17, 15) is 0 Å². The molecule has 0 amide bonds. The Kier molecular flexibility index (Phi) is 13.5. The maximum Gasteiger partial charge on any atom is 0.159 e. The van der Waals surface area contributed by atoms with Gasteiger partial charge in [0.15, 0.2) is 5.82 Å². The number of aryl methyl sites for hydroxylation is 1. The molecule has 0 saturated carbocycles. The number of aromatic nitrogens is 2. The Labute approximate surface area is 143 Å². The van der Waals surface area contributed by atoms with E-state index in [-0.39, 0.29) is 7.43 Å². The van der Waals surface area contributed by atoms with Crippen LogP contribution in [0, 0.1) is 6.92 Å². The Balaban J connectivity index is 0. The Morgan fingerprint density at radius 1 is 1.00 bits per heavy atom. The van der Waals surface area contributed by atoms with Crippen LogP contribution in [0.3, 0.4) is 0 Å². The second-order valence-electron chi connectivity index (χ2n) is 4.08. The van der Waals surface area contributed by atoms with Gasteiger partial charge in [0.05, 0.1) is 5.69 Å². The monoisotopic (exact) mass is 312 g/mol. The molecule has 126 valence electrons. The number of hydrogen-bond acceptors (Lipinski definition) is 2. The lowest BCUT2D eigenvalue weighted by Crippen LogP contribution is -1.93. The summed E-state index contributed by atoms with van der Waals surface area (Å²) in [6.07, 6.45) is 5.58. The van der Waals surface area contributed by atoms with Crippen molar-refractivity contribution in [2.24, 2.45) is 0 Å². The summed E-state index contributed by atoms with van der Waals surface area (Å²) in [6, 6.07) is 10.1. The van der Waals surface area contributed by atoms with E-state index in [1.807, 2.05) is 58.9 Å². The van der Waals surface area contributed by atoms with Crippen LogP contribution in [0.4, 0.5) is 0 Å². The second kappa shape index (κ2) is 13.4. The predicted octanol–water partition coefficient (Wildman–Crippen LogP) is 6.73. The van der Waals surface area contributed by atoms with Gasteiger partial charge in [-0.3, -0.25) is 0 Å². The molecule has 1 heterocycles. The standard InChI is InChI=1S/C16H16N2.2C2H6.CH4/c1-4-13(5-2)15-10-11-17-16(18-15)14-8-6-12(3)7-9-14;2*1-2;/h4-11H,1H2,2-3H3;2*1-2H3;1H4/b13-5+;;;. The molecule has 0 fully saturated rings. The molecule has 0 bridgehead atoms. The van der Waals surface area contributed by atoms with Crippen molar-refractivity contribution in [3.8, 4) is 11.4 Å². The summed E-state index contributed by atoms with van der Waals surface area (Å²) in [6.45, 7) is 15.8. The molecule has 0 radical (unpaired) electrons. The summed E-state index contributed by atoms with van der Waals surface area (Å²) in [5.41, 5.74) is 4.18. The largest absolute Gasteiger partial charge is 0.237 e. The minimum absolute atomic E-state index is 0. The van der Waals surface area contributed by atoms with Crippen LogP contribution in [0.25, 0.3) is 17.0 Å². The molecule has 2 rings (SSSR count). The van der Waals surface area contributed by atoms with Gasteiger partial charge in [-0.05, 0) is 25.5 Å². The fraction of sp³-hybridized carbons (Fsp3) is 0.333. The van der Waals surface area contributed by atoms with Crippen LogP contribution in [-0.2, 0) is 0 Å². The first-order valence-corrected chi connectivity index (χ1v) is 7.94. The van der Waals surface area contributed by atoms with Crippen molar-refractivity contribution in [3.63, 3.8) is 0 Å². The van der Waals surface area contributed by atoms with E-state index in [0.29, 0.717) is 0 Å². The third-order valence-corrected chi connectivity index (χ3v) is 2.79. The first-order chi connectivity index (χ1) is 10.7. The van der Waals surface area contributed by atoms with E-state index in [4.69, 9.17) is 0 Å². The van der Waals surface area contributed by atoms with Gasteiger partial charge in [0.2, 0.25) is 0 Å². The molecule has 0 aliphatic carbocycles. The van der Waals surface area contributed by atoms with Gasteiger partial charge in [-0.2, -0.15) is 0 Å². The number of hydrogen-bond donors (Lipinski definition) is 0. The lowest BCUT2D eigenvalue weighted by molar-refractivity contribution is 1.15. The average Bonchev–Trinajstić information content (AvgIpc) is 2.60. The van der Waals surface area contributed by atoms with Gasteiger partial charge >= 0.3 is 0 Å². The van der Waals surface area contributed by atoms with Crippen LogP contribution in [0.1, 0.15) is 53.3 Å². The quantitative estimate of drug-likeness (QED) is 0.587. The zero-order valence-electron chi connectivity index (χ0n) is 14.7. The van der Waals surface area contributed by atoms with Gasteiger partial charge in [-0.15, -0.1) is 0 Å². The van der Waals surface area contributed by atoms with Crippen LogP contribution >= 0.6 is 0 Å². The first-order valence-electron chi connectivity index (χ1n) is 7.94. The highest BCUT2D eigenvalue weighted by molar-refractivity contribution is 5.71. The van der Waals surface area contributed by atoms with Crippen molar-refractivity contribution in [1.82, 2.24) is 9.97 Å². The highest BCUT2D eigenvalue weighted by Crippen LogP contribution is 2.18. The second-order valence-corrected chi connectivity index (χ2v) is 4.08. The average molecular weight is 313 g/mol. The minimum Gasteiger partial charge on any atom is -0.237 e. The van der Waals surface area contributed by atoms with Crippen molar-refractivity contribution >= 4 is 5.57 Å². The van der Waals surface area contributed by atoms with E-state index in [0.717, 1.165) is 22.7 Å². The van der Waals surface area contributed by atoms with Gasteiger partial charge in [0.1, 0.15) is 0 Å². The van der Waals surface area contributed by atoms with E-state index < -0.39 is 0 Å². The summed E-state index contributed by atoms with van der Waals surface area (Å²) < 4.78 is 0. The van der Waals surface area contributed by atoms with Crippen molar-refractivity contribution in [2.45, 2.75) is 49.0 Å². The van der Waals surface area contributed by atoms with E-state index in [2.05, 4.69) is 35.6 Å². The molecular formula is C21H32N2. The molecule has 23 heavy (non-hydrogen) atoms. The van der Waals surface area contributed by atoms with Crippen molar-refractivity contribution in [3.05, 3.63) is 66.5 Å². The molecule has 2 aromatic rings. The van der Waals surface area contributed by atoms with Crippen molar-refractivity contribution in [2.75, 3.05) is 0 Å². The lowest BCUT2D eigenvalue weighted by atomic mass is 10.1. The summed E-state index contributed by atoms with van der Waals surface area (Å²) >= 11 is 0. The highest BCUT2D eigenvalue weighted by Gasteiger charge is 2.04. The normalized spacial score (nSPS) is 9.39. The molecule has 1 aromatic heterocycles. The zero-order chi connectivity index (χ0) is 17.0. The summed E-state index contributed by atoms with van der Waals surface area (Å²) in [5.74, 6) is 0.744. The van der Waals surface area contributed by atoms with Gasteiger partial charge in [0.25, 0.3) is 0 Å². The van der Waals surface area contributed by atoms with Crippen molar-refractivity contribution < 1.29 is 0 Å².